The van der Waals surface area contributed by atoms with Gasteiger partial charge in [-0.25, -0.2) is 4.79 Å². The number of carboxylic acid groups (broad SMARTS) is 1. The molecule has 1 rings (SSSR count). The second-order valence-corrected chi connectivity index (χ2v) is 4.38. The Morgan fingerprint density at radius 2 is 1.76 bits per heavy atom. The van der Waals surface area contributed by atoms with E-state index in [1.54, 1.807) is 0 Å². The van der Waals surface area contributed by atoms with Crippen LogP contribution in [0.25, 0.3) is 0 Å². The molecule has 2 N–H and O–H groups in total. The fourth-order valence-corrected chi connectivity index (χ4v) is 1.76. The van der Waals surface area contributed by atoms with Gasteiger partial charge in [-0.2, -0.15) is 21.6 Å². The second-order valence-electron chi connectivity index (χ2n) is 2.99. The Bertz CT molecular complexity index is 561. The fourth-order valence-electron chi connectivity index (χ4n) is 1.10. The van der Waals surface area contributed by atoms with Crippen LogP contribution in [0.2, 0.25) is 0 Å². The summed E-state index contributed by atoms with van der Waals surface area (Å²) in [6, 6.07) is 0.905. The molecule has 1 aromatic rings. The smallest absolute Gasteiger partial charge is 0.416 e. The van der Waals surface area contributed by atoms with Gasteiger partial charge in [0.2, 0.25) is 0 Å². The van der Waals surface area contributed by atoms with Gasteiger partial charge in [-0.3, -0.25) is 4.55 Å². The van der Waals surface area contributed by atoms with Gasteiger partial charge in [0.15, 0.2) is 0 Å². The lowest BCUT2D eigenvalue weighted by molar-refractivity contribution is -0.137. The highest BCUT2D eigenvalue weighted by atomic mass is 32.2. The number of aromatic carboxylic acids is 1. The van der Waals surface area contributed by atoms with Crippen molar-refractivity contribution >= 4 is 16.1 Å². The zero-order valence-electron chi connectivity index (χ0n) is 7.89. The van der Waals surface area contributed by atoms with Crippen LogP contribution in [0.5, 0.6) is 0 Å². The molecule has 0 saturated heterocycles. The maximum Gasteiger partial charge on any atom is 0.416 e. The molecule has 0 bridgehead atoms. The first-order chi connectivity index (χ1) is 7.53. The van der Waals surface area contributed by atoms with Crippen LogP contribution in [0.4, 0.5) is 13.2 Å². The summed E-state index contributed by atoms with van der Waals surface area (Å²) in [6.45, 7) is 0. The van der Waals surface area contributed by atoms with Gasteiger partial charge in [0.1, 0.15) is 4.90 Å². The standard InChI is InChI=1S/C8H5F3O5S/c9-8(10,11)4-1-2-6(17(14,15)16)5(3-4)7(12)13/h1-3H,(H,12,13)(H,14,15,16). The minimum atomic E-state index is -4.89. The van der Waals surface area contributed by atoms with Crippen LogP contribution in [0.3, 0.4) is 0 Å². The van der Waals surface area contributed by atoms with Crippen molar-refractivity contribution in [3.05, 3.63) is 29.3 Å². The lowest BCUT2D eigenvalue weighted by Gasteiger charge is -2.09. The first kappa shape index (κ1) is 13.5. The van der Waals surface area contributed by atoms with E-state index in [4.69, 9.17) is 9.66 Å². The Morgan fingerprint density at radius 3 is 2.12 bits per heavy atom. The Hall–Kier alpha value is -1.61. The van der Waals surface area contributed by atoms with Crippen LogP contribution in [0.15, 0.2) is 23.1 Å². The summed E-state index contributed by atoms with van der Waals surface area (Å²) in [6.07, 6.45) is -4.80. The highest BCUT2D eigenvalue weighted by Crippen LogP contribution is 2.31. The van der Waals surface area contributed by atoms with E-state index in [-0.39, 0.29) is 6.07 Å². The van der Waals surface area contributed by atoms with Crippen LogP contribution in [0, 0.1) is 0 Å². The number of carboxylic acids is 1. The minimum Gasteiger partial charge on any atom is -0.478 e. The zero-order valence-corrected chi connectivity index (χ0v) is 8.71. The number of benzene rings is 1. The number of hydrogen-bond acceptors (Lipinski definition) is 3. The Morgan fingerprint density at radius 1 is 1.24 bits per heavy atom. The van der Waals surface area contributed by atoms with Crippen LogP contribution >= 0.6 is 0 Å². The maximum absolute atomic E-state index is 12.3. The third-order valence-corrected chi connectivity index (χ3v) is 2.73. The lowest BCUT2D eigenvalue weighted by Crippen LogP contribution is -2.12. The number of hydrogen-bond donors (Lipinski definition) is 2. The molecule has 0 radical (unpaired) electrons. The molecule has 5 nitrogen and oxygen atoms in total. The lowest BCUT2D eigenvalue weighted by atomic mass is 10.1. The van der Waals surface area contributed by atoms with E-state index >= 15 is 0 Å². The summed E-state index contributed by atoms with van der Waals surface area (Å²) in [5, 5.41) is 8.58. The highest BCUT2D eigenvalue weighted by Gasteiger charge is 2.33. The molecule has 0 amide bonds. The van der Waals surface area contributed by atoms with Gasteiger partial charge in [-0.15, -0.1) is 0 Å². The molecule has 0 aliphatic rings. The summed E-state index contributed by atoms with van der Waals surface area (Å²) < 4.78 is 66.9. The molecule has 94 valence electrons. The van der Waals surface area contributed by atoms with E-state index in [2.05, 4.69) is 0 Å². The average Bonchev–Trinajstić information content (AvgIpc) is 2.14. The molecule has 1 aromatic carbocycles. The van der Waals surface area contributed by atoms with Gasteiger partial charge in [0, 0.05) is 0 Å². The molecular formula is C8H5F3O5S. The van der Waals surface area contributed by atoms with Gasteiger partial charge in [0.05, 0.1) is 11.1 Å². The summed E-state index contributed by atoms with van der Waals surface area (Å²) in [5.74, 6) is -1.89. The van der Waals surface area contributed by atoms with Crippen LogP contribution in [-0.2, 0) is 16.3 Å². The molecular weight excluding hydrogens is 265 g/mol. The van der Waals surface area contributed by atoms with Gasteiger partial charge in [0.25, 0.3) is 10.1 Å². The van der Waals surface area contributed by atoms with E-state index in [9.17, 15) is 26.4 Å². The van der Waals surface area contributed by atoms with Crippen molar-refractivity contribution in [3.63, 3.8) is 0 Å². The molecule has 0 aliphatic carbocycles. The normalized spacial score (nSPS) is 12.5. The molecule has 0 spiro atoms. The van der Waals surface area contributed by atoms with Crippen LogP contribution in [-0.4, -0.2) is 24.0 Å². The monoisotopic (exact) mass is 270 g/mol. The third kappa shape index (κ3) is 2.94. The molecule has 0 aromatic heterocycles. The topological polar surface area (TPSA) is 91.7 Å². The van der Waals surface area contributed by atoms with Crippen molar-refractivity contribution in [1.29, 1.82) is 0 Å². The van der Waals surface area contributed by atoms with Crippen molar-refractivity contribution in [3.8, 4) is 0 Å². The predicted octanol–water partition coefficient (Wildman–Crippen LogP) is 1.65. The fraction of sp³-hybridized carbons (Fsp3) is 0.125. The van der Waals surface area contributed by atoms with Gasteiger partial charge < -0.3 is 5.11 Å². The average molecular weight is 270 g/mol. The van der Waals surface area contributed by atoms with Crippen LogP contribution in [0.1, 0.15) is 15.9 Å². The van der Waals surface area contributed by atoms with E-state index in [1.165, 1.54) is 0 Å². The van der Waals surface area contributed by atoms with E-state index < -0.39 is 38.3 Å². The molecule has 0 atom stereocenters. The van der Waals surface area contributed by atoms with Crippen molar-refractivity contribution < 1.29 is 36.0 Å². The summed E-state index contributed by atoms with van der Waals surface area (Å²) in [4.78, 5) is 9.52. The van der Waals surface area contributed by atoms with E-state index in [1.807, 2.05) is 0 Å². The van der Waals surface area contributed by atoms with Crippen LogP contribution < -0.4 is 0 Å². The minimum absolute atomic E-state index is 0.144. The van der Waals surface area contributed by atoms with Gasteiger partial charge in [-0.05, 0) is 18.2 Å². The molecule has 0 fully saturated rings. The Labute approximate surface area is 93.2 Å². The molecule has 0 saturated carbocycles. The number of halogens is 3. The predicted molar refractivity (Wildman–Crippen MR) is 48.2 cm³/mol. The SMILES string of the molecule is O=C(O)c1cc(C(F)(F)F)ccc1S(=O)(=O)O. The number of carbonyl (C=O) groups is 1. The van der Waals surface area contributed by atoms with Crippen molar-refractivity contribution in [2.75, 3.05) is 0 Å². The highest BCUT2D eigenvalue weighted by molar-refractivity contribution is 7.86. The Kier molecular flexibility index (Phi) is 3.17. The van der Waals surface area contributed by atoms with Crippen molar-refractivity contribution in [2.45, 2.75) is 11.1 Å². The van der Waals surface area contributed by atoms with Gasteiger partial charge >= 0.3 is 12.1 Å². The number of rotatable bonds is 2. The van der Waals surface area contributed by atoms with Crippen molar-refractivity contribution in [1.82, 2.24) is 0 Å². The van der Waals surface area contributed by atoms with E-state index in [0.29, 0.717) is 12.1 Å². The molecule has 9 heteroatoms. The molecule has 0 heterocycles. The zero-order chi connectivity index (χ0) is 13.4. The summed E-state index contributed by atoms with van der Waals surface area (Å²) >= 11 is 0. The molecule has 0 unspecified atom stereocenters. The quantitative estimate of drug-likeness (QED) is 0.797. The van der Waals surface area contributed by atoms with Gasteiger partial charge in [-0.1, -0.05) is 0 Å². The van der Waals surface area contributed by atoms with Crippen molar-refractivity contribution in [2.24, 2.45) is 0 Å². The molecule has 17 heavy (non-hydrogen) atoms. The van der Waals surface area contributed by atoms with E-state index in [0.717, 1.165) is 0 Å². The largest absolute Gasteiger partial charge is 0.478 e. The second kappa shape index (κ2) is 4.00. The molecule has 0 aliphatic heterocycles. The number of alkyl halides is 3. The first-order valence-electron chi connectivity index (χ1n) is 3.95. The maximum atomic E-state index is 12.3. The summed E-state index contributed by atoms with van der Waals surface area (Å²) in [5.41, 5.74) is -2.45. The third-order valence-electron chi connectivity index (χ3n) is 1.82. The summed E-state index contributed by atoms with van der Waals surface area (Å²) in [7, 11) is -4.89. The first-order valence-corrected chi connectivity index (χ1v) is 5.39. The Balaban J connectivity index is 3.55.